The Morgan fingerprint density at radius 2 is 1.89 bits per heavy atom. The summed E-state index contributed by atoms with van der Waals surface area (Å²) in [5.74, 6) is 6.37. The van der Waals surface area contributed by atoms with Gasteiger partial charge >= 0.3 is 0 Å². The molecule has 6 heteroatoms. The fourth-order valence-electron chi connectivity index (χ4n) is 1.53. The summed E-state index contributed by atoms with van der Waals surface area (Å²) in [5.41, 5.74) is 3.29. The minimum atomic E-state index is -0.588. The van der Waals surface area contributed by atoms with Crippen molar-refractivity contribution in [1.29, 1.82) is 0 Å². The molecular formula is C12H15N5O. The third-order valence-corrected chi connectivity index (χ3v) is 2.48. The van der Waals surface area contributed by atoms with Gasteiger partial charge in [-0.3, -0.25) is 0 Å². The molecule has 0 fully saturated rings. The highest BCUT2D eigenvalue weighted by molar-refractivity contribution is 5.45. The van der Waals surface area contributed by atoms with Gasteiger partial charge in [0.25, 0.3) is 0 Å². The van der Waals surface area contributed by atoms with Gasteiger partial charge in [0.05, 0.1) is 6.10 Å². The van der Waals surface area contributed by atoms with E-state index < -0.39 is 6.10 Å². The van der Waals surface area contributed by atoms with Crippen molar-refractivity contribution in [2.75, 3.05) is 17.3 Å². The first-order valence-corrected chi connectivity index (χ1v) is 5.55. The minimum absolute atomic E-state index is 0.366. The summed E-state index contributed by atoms with van der Waals surface area (Å²) in [5, 5.41) is 13.0. The van der Waals surface area contributed by atoms with Gasteiger partial charge in [-0.25, -0.2) is 15.8 Å². The number of aliphatic hydroxyl groups is 1. The van der Waals surface area contributed by atoms with Crippen LogP contribution in [0.15, 0.2) is 42.7 Å². The van der Waals surface area contributed by atoms with Crippen molar-refractivity contribution < 1.29 is 5.11 Å². The Balaban J connectivity index is 1.95. The highest BCUT2D eigenvalue weighted by Crippen LogP contribution is 2.13. The SMILES string of the molecule is NNc1cc(NCC(O)c2ccccc2)ncn1. The van der Waals surface area contributed by atoms with E-state index in [4.69, 9.17) is 5.84 Å². The molecule has 0 saturated heterocycles. The van der Waals surface area contributed by atoms with E-state index in [2.05, 4.69) is 20.7 Å². The fourth-order valence-corrected chi connectivity index (χ4v) is 1.53. The number of rotatable bonds is 5. The topological polar surface area (TPSA) is 96.1 Å². The lowest BCUT2D eigenvalue weighted by Gasteiger charge is -2.12. The Labute approximate surface area is 105 Å². The molecule has 18 heavy (non-hydrogen) atoms. The van der Waals surface area contributed by atoms with Crippen LogP contribution in [0.4, 0.5) is 11.6 Å². The van der Waals surface area contributed by atoms with Crippen molar-refractivity contribution in [2.24, 2.45) is 5.84 Å². The molecule has 0 amide bonds. The van der Waals surface area contributed by atoms with E-state index in [1.165, 1.54) is 6.33 Å². The van der Waals surface area contributed by atoms with Gasteiger partial charge in [-0.1, -0.05) is 30.3 Å². The van der Waals surface area contributed by atoms with Crippen LogP contribution in [-0.4, -0.2) is 21.6 Å². The molecule has 0 radical (unpaired) electrons. The first-order valence-electron chi connectivity index (χ1n) is 5.55. The van der Waals surface area contributed by atoms with E-state index in [0.717, 1.165) is 5.56 Å². The maximum atomic E-state index is 9.96. The molecule has 1 unspecified atom stereocenters. The predicted octanol–water partition coefficient (Wildman–Crippen LogP) is 0.908. The number of hydrogen-bond donors (Lipinski definition) is 4. The van der Waals surface area contributed by atoms with E-state index in [-0.39, 0.29) is 0 Å². The second kappa shape index (κ2) is 5.95. The van der Waals surface area contributed by atoms with Crippen LogP contribution in [-0.2, 0) is 0 Å². The Bertz CT molecular complexity index is 491. The number of aromatic nitrogens is 2. The molecule has 0 spiro atoms. The Morgan fingerprint density at radius 3 is 2.61 bits per heavy atom. The van der Waals surface area contributed by atoms with Crippen LogP contribution in [0.3, 0.4) is 0 Å². The van der Waals surface area contributed by atoms with E-state index in [9.17, 15) is 5.11 Å². The summed E-state index contributed by atoms with van der Waals surface area (Å²) in [7, 11) is 0. The number of nitrogens with zero attached hydrogens (tertiary/aromatic N) is 2. The molecule has 0 aliphatic rings. The van der Waals surface area contributed by atoms with Crippen LogP contribution in [0.5, 0.6) is 0 Å². The molecule has 1 atom stereocenters. The van der Waals surface area contributed by atoms with Crippen LogP contribution >= 0.6 is 0 Å². The average molecular weight is 245 g/mol. The molecule has 1 aromatic carbocycles. The number of aliphatic hydroxyl groups excluding tert-OH is 1. The molecule has 0 aliphatic carbocycles. The lowest BCUT2D eigenvalue weighted by molar-refractivity contribution is 0.191. The molecule has 0 saturated carbocycles. The minimum Gasteiger partial charge on any atom is -0.387 e. The summed E-state index contributed by atoms with van der Waals surface area (Å²) >= 11 is 0. The Hall–Kier alpha value is -2.18. The zero-order valence-corrected chi connectivity index (χ0v) is 9.74. The summed E-state index contributed by atoms with van der Waals surface area (Å²) in [6.07, 6.45) is 0.808. The van der Waals surface area contributed by atoms with Crippen LogP contribution in [0.2, 0.25) is 0 Å². The van der Waals surface area contributed by atoms with Crippen LogP contribution in [0.1, 0.15) is 11.7 Å². The highest BCUT2D eigenvalue weighted by Gasteiger charge is 2.06. The van der Waals surface area contributed by atoms with Crippen molar-refractivity contribution >= 4 is 11.6 Å². The number of nitrogens with two attached hydrogens (primary N) is 1. The van der Waals surface area contributed by atoms with E-state index in [0.29, 0.717) is 18.2 Å². The molecule has 1 heterocycles. The summed E-state index contributed by atoms with van der Waals surface area (Å²) in [4.78, 5) is 7.92. The van der Waals surface area contributed by atoms with Gasteiger partial charge in [0, 0.05) is 12.6 Å². The summed E-state index contributed by atoms with van der Waals surface area (Å²) < 4.78 is 0. The number of nitrogen functional groups attached to an aromatic ring is 1. The number of anilines is 2. The van der Waals surface area contributed by atoms with E-state index in [1.54, 1.807) is 6.07 Å². The summed E-state index contributed by atoms with van der Waals surface area (Å²) in [6, 6.07) is 11.1. The van der Waals surface area contributed by atoms with Crippen molar-refractivity contribution in [3.8, 4) is 0 Å². The van der Waals surface area contributed by atoms with E-state index in [1.807, 2.05) is 30.3 Å². The zero-order chi connectivity index (χ0) is 12.8. The van der Waals surface area contributed by atoms with Gasteiger partial charge in [-0.05, 0) is 5.56 Å². The molecule has 0 aliphatic heterocycles. The van der Waals surface area contributed by atoms with Crippen LogP contribution in [0, 0.1) is 0 Å². The maximum absolute atomic E-state index is 9.96. The lowest BCUT2D eigenvalue weighted by Crippen LogP contribution is -2.14. The molecule has 0 bridgehead atoms. The molecule has 5 N–H and O–H groups in total. The van der Waals surface area contributed by atoms with Gasteiger partial charge in [-0.15, -0.1) is 0 Å². The fraction of sp³-hybridized carbons (Fsp3) is 0.167. The van der Waals surface area contributed by atoms with Crippen molar-refractivity contribution in [1.82, 2.24) is 9.97 Å². The molecule has 2 aromatic rings. The second-order valence-electron chi connectivity index (χ2n) is 3.74. The normalized spacial score (nSPS) is 11.9. The van der Waals surface area contributed by atoms with Gasteiger partial charge in [-0.2, -0.15) is 0 Å². The first kappa shape index (κ1) is 12.3. The zero-order valence-electron chi connectivity index (χ0n) is 9.74. The largest absolute Gasteiger partial charge is 0.387 e. The average Bonchev–Trinajstić information content (AvgIpc) is 2.46. The van der Waals surface area contributed by atoms with E-state index >= 15 is 0 Å². The van der Waals surface area contributed by atoms with Crippen molar-refractivity contribution in [3.63, 3.8) is 0 Å². The quantitative estimate of drug-likeness (QED) is 0.462. The smallest absolute Gasteiger partial charge is 0.145 e. The van der Waals surface area contributed by atoms with Crippen molar-refractivity contribution in [2.45, 2.75) is 6.10 Å². The third-order valence-electron chi connectivity index (χ3n) is 2.48. The van der Waals surface area contributed by atoms with Gasteiger partial charge < -0.3 is 15.8 Å². The molecule has 94 valence electrons. The predicted molar refractivity (Wildman–Crippen MR) is 69.7 cm³/mol. The van der Waals surface area contributed by atoms with Gasteiger partial charge in [0.1, 0.15) is 18.0 Å². The monoisotopic (exact) mass is 245 g/mol. The lowest BCUT2D eigenvalue weighted by atomic mass is 10.1. The number of nitrogens with one attached hydrogen (secondary N) is 2. The standard InChI is InChI=1S/C12H15N5O/c13-17-12-6-11(15-8-16-12)14-7-10(18)9-4-2-1-3-5-9/h1-6,8,10,18H,7,13H2,(H2,14,15,16,17). The van der Waals surface area contributed by atoms with Crippen molar-refractivity contribution in [3.05, 3.63) is 48.3 Å². The first-order chi connectivity index (χ1) is 8.79. The summed E-state index contributed by atoms with van der Waals surface area (Å²) in [6.45, 7) is 0.366. The third kappa shape index (κ3) is 3.16. The molecule has 1 aromatic heterocycles. The Morgan fingerprint density at radius 1 is 1.17 bits per heavy atom. The molecular weight excluding hydrogens is 230 g/mol. The second-order valence-corrected chi connectivity index (χ2v) is 3.74. The maximum Gasteiger partial charge on any atom is 0.145 e. The van der Waals surface area contributed by atoms with Crippen LogP contribution < -0.4 is 16.6 Å². The number of hydrogen-bond acceptors (Lipinski definition) is 6. The van der Waals surface area contributed by atoms with Gasteiger partial charge in [0.2, 0.25) is 0 Å². The van der Waals surface area contributed by atoms with Gasteiger partial charge in [0.15, 0.2) is 0 Å². The highest BCUT2D eigenvalue weighted by atomic mass is 16.3. The van der Waals surface area contributed by atoms with Crippen LogP contribution in [0.25, 0.3) is 0 Å². The molecule has 6 nitrogen and oxygen atoms in total. The Kier molecular flexibility index (Phi) is 4.06. The molecule has 2 rings (SSSR count). The number of hydrazine groups is 1. The number of benzene rings is 1.